The fourth-order valence-corrected chi connectivity index (χ4v) is 5.03. The van der Waals surface area contributed by atoms with Crippen LogP contribution in [0.5, 0.6) is 0 Å². The van der Waals surface area contributed by atoms with Gasteiger partial charge in [0, 0.05) is 25.3 Å². The van der Waals surface area contributed by atoms with Gasteiger partial charge in [-0.1, -0.05) is 12.8 Å². The number of amides is 2. The minimum atomic E-state index is -0.418. The highest BCUT2D eigenvalue weighted by Crippen LogP contribution is 2.24. The summed E-state index contributed by atoms with van der Waals surface area (Å²) in [5.41, 5.74) is 2.08. The second-order valence-electron chi connectivity index (χ2n) is 9.34. The zero-order valence-electron chi connectivity index (χ0n) is 20.5. The van der Waals surface area contributed by atoms with E-state index in [0.29, 0.717) is 42.1 Å². The van der Waals surface area contributed by atoms with Gasteiger partial charge < -0.3 is 24.8 Å². The van der Waals surface area contributed by atoms with Crippen molar-refractivity contribution in [2.45, 2.75) is 65.7 Å². The van der Waals surface area contributed by atoms with Crippen LogP contribution in [0.2, 0.25) is 0 Å². The third-order valence-electron chi connectivity index (χ3n) is 6.86. The van der Waals surface area contributed by atoms with Gasteiger partial charge in [-0.3, -0.25) is 9.59 Å². The minimum absolute atomic E-state index is 0.0370. The highest BCUT2D eigenvalue weighted by molar-refractivity contribution is 6.00. The van der Waals surface area contributed by atoms with Gasteiger partial charge in [0.15, 0.2) is 0 Å². The van der Waals surface area contributed by atoms with Crippen molar-refractivity contribution in [3.8, 4) is 0 Å². The van der Waals surface area contributed by atoms with Gasteiger partial charge in [0.25, 0.3) is 5.91 Å². The van der Waals surface area contributed by atoms with Gasteiger partial charge >= 0.3 is 5.97 Å². The molecule has 0 saturated carbocycles. The lowest BCUT2D eigenvalue weighted by Crippen LogP contribution is -2.46. The molecule has 8 heteroatoms. The summed E-state index contributed by atoms with van der Waals surface area (Å²) in [5.74, 6) is -0.736. The monoisotopic (exact) mass is 460 g/mol. The molecule has 1 atom stereocenters. The zero-order chi connectivity index (χ0) is 23.8. The SMILES string of the molecule is CCOC(=O)c1c(C)[nH]c(C(=O)N2CCCC(C(=O)NCCCN3CCCCCC3)C2)c1C. The number of nitrogens with one attached hydrogen (secondary N) is 2. The van der Waals surface area contributed by atoms with Crippen molar-refractivity contribution >= 4 is 17.8 Å². The molecule has 3 rings (SSSR count). The van der Waals surface area contributed by atoms with Gasteiger partial charge in [0.1, 0.15) is 5.69 Å². The van der Waals surface area contributed by atoms with Crippen LogP contribution >= 0.6 is 0 Å². The Balaban J connectivity index is 1.51. The van der Waals surface area contributed by atoms with Crippen molar-refractivity contribution in [3.63, 3.8) is 0 Å². The molecule has 0 spiro atoms. The van der Waals surface area contributed by atoms with Crippen molar-refractivity contribution in [2.24, 2.45) is 5.92 Å². The number of carbonyl (C=O) groups is 3. The lowest BCUT2D eigenvalue weighted by Gasteiger charge is -2.32. The zero-order valence-corrected chi connectivity index (χ0v) is 20.5. The van der Waals surface area contributed by atoms with Gasteiger partial charge in [0.05, 0.1) is 18.1 Å². The average Bonchev–Trinajstić information content (AvgIpc) is 2.96. The summed E-state index contributed by atoms with van der Waals surface area (Å²) < 4.78 is 5.13. The maximum absolute atomic E-state index is 13.2. The first kappa shape index (κ1) is 25.3. The molecule has 1 aromatic rings. The van der Waals surface area contributed by atoms with Gasteiger partial charge in [-0.15, -0.1) is 0 Å². The summed E-state index contributed by atoms with van der Waals surface area (Å²) in [4.78, 5) is 45.5. The third kappa shape index (κ3) is 6.59. The van der Waals surface area contributed by atoms with E-state index in [0.717, 1.165) is 25.8 Å². The Morgan fingerprint density at radius 2 is 1.79 bits per heavy atom. The summed E-state index contributed by atoms with van der Waals surface area (Å²) in [6.07, 6.45) is 7.75. The van der Waals surface area contributed by atoms with Crippen LogP contribution in [0.1, 0.15) is 84.0 Å². The van der Waals surface area contributed by atoms with E-state index in [2.05, 4.69) is 15.2 Å². The number of piperidine rings is 1. The first-order chi connectivity index (χ1) is 15.9. The number of ether oxygens (including phenoxy) is 1. The number of aryl methyl sites for hydroxylation is 1. The molecule has 0 aliphatic carbocycles. The third-order valence-corrected chi connectivity index (χ3v) is 6.86. The smallest absolute Gasteiger partial charge is 0.340 e. The number of esters is 1. The van der Waals surface area contributed by atoms with E-state index in [1.54, 1.807) is 25.7 Å². The van der Waals surface area contributed by atoms with E-state index < -0.39 is 5.97 Å². The molecule has 1 unspecified atom stereocenters. The second-order valence-corrected chi connectivity index (χ2v) is 9.34. The summed E-state index contributed by atoms with van der Waals surface area (Å²) in [6, 6.07) is 0. The molecule has 33 heavy (non-hydrogen) atoms. The Bertz CT molecular complexity index is 827. The molecule has 0 aromatic carbocycles. The number of hydrogen-bond acceptors (Lipinski definition) is 5. The van der Waals surface area contributed by atoms with Crippen LogP contribution in [0.3, 0.4) is 0 Å². The fourth-order valence-electron chi connectivity index (χ4n) is 5.03. The maximum atomic E-state index is 13.2. The molecule has 0 radical (unpaired) electrons. The molecule has 2 aliphatic rings. The number of hydrogen-bond donors (Lipinski definition) is 2. The molecule has 184 valence electrons. The van der Waals surface area contributed by atoms with Crippen LogP contribution in [0.15, 0.2) is 0 Å². The Morgan fingerprint density at radius 1 is 1.06 bits per heavy atom. The van der Waals surface area contributed by atoms with Gasteiger partial charge in [0.2, 0.25) is 5.91 Å². The van der Waals surface area contributed by atoms with E-state index in [1.807, 2.05) is 0 Å². The van der Waals surface area contributed by atoms with Crippen LogP contribution in [0, 0.1) is 19.8 Å². The molecule has 2 saturated heterocycles. The van der Waals surface area contributed by atoms with Crippen molar-refractivity contribution < 1.29 is 19.1 Å². The largest absolute Gasteiger partial charge is 0.462 e. The van der Waals surface area contributed by atoms with Crippen LogP contribution in [0.25, 0.3) is 0 Å². The molecule has 1 aromatic heterocycles. The first-order valence-electron chi connectivity index (χ1n) is 12.6. The summed E-state index contributed by atoms with van der Waals surface area (Å²) in [5, 5.41) is 3.09. The molecule has 2 aliphatic heterocycles. The van der Waals surface area contributed by atoms with Crippen LogP contribution < -0.4 is 5.32 Å². The number of aromatic nitrogens is 1. The fraction of sp³-hybridized carbons (Fsp3) is 0.720. The Labute approximate surface area is 197 Å². The van der Waals surface area contributed by atoms with E-state index in [4.69, 9.17) is 4.74 Å². The lowest BCUT2D eigenvalue weighted by atomic mass is 9.96. The van der Waals surface area contributed by atoms with Crippen LogP contribution in [-0.4, -0.2) is 78.4 Å². The van der Waals surface area contributed by atoms with E-state index >= 15 is 0 Å². The first-order valence-corrected chi connectivity index (χ1v) is 12.6. The number of aromatic amines is 1. The quantitative estimate of drug-likeness (QED) is 0.459. The van der Waals surface area contributed by atoms with E-state index in [-0.39, 0.29) is 24.3 Å². The predicted molar refractivity (Wildman–Crippen MR) is 127 cm³/mol. The Kier molecular flexibility index (Phi) is 9.35. The predicted octanol–water partition coefficient (Wildman–Crippen LogP) is 3.04. The maximum Gasteiger partial charge on any atom is 0.340 e. The van der Waals surface area contributed by atoms with Crippen molar-refractivity contribution in [1.82, 2.24) is 20.1 Å². The summed E-state index contributed by atoms with van der Waals surface area (Å²) >= 11 is 0. The number of rotatable bonds is 8. The van der Waals surface area contributed by atoms with Gasteiger partial charge in [-0.2, -0.15) is 0 Å². The Morgan fingerprint density at radius 3 is 2.48 bits per heavy atom. The standard InChI is InChI=1S/C25H40N4O4/c1-4-33-25(32)21-18(2)22(27-19(21)3)24(31)29-16-9-11-20(17-29)23(30)26-12-10-15-28-13-7-5-6-8-14-28/h20,27H,4-17H2,1-3H3,(H,26,30). The molecular weight excluding hydrogens is 420 g/mol. The van der Waals surface area contributed by atoms with Crippen LogP contribution in [-0.2, 0) is 9.53 Å². The van der Waals surface area contributed by atoms with Crippen molar-refractivity contribution in [2.75, 3.05) is 45.9 Å². The topological polar surface area (TPSA) is 94.7 Å². The van der Waals surface area contributed by atoms with Crippen molar-refractivity contribution in [1.29, 1.82) is 0 Å². The molecule has 2 N–H and O–H groups in total. The second kappa shape index (κ2) is 12.2. The number of carbonyl (C=O) groups excluding carboxylic acids is 3. The van der Waals surface area contributed by atoms with Gasteiger partial charge in [-0.05, 0) is 78.1 Å². The lowest BCUT2D eigenvalue weighted by molar-refractivity contribution is -0.126. The number of H-pyrrole nitrogens is 1. The Hall–Kier alpha value is -2.35. The minimum Gasteiger partial charge on any atom is -0.462 e. The number of likely N-dealkylation sites (tertiary alicyclic amines) is 2. The van der Waals surface area contributed by atoms with Crippen LogP contribution in [0.4, 0.5) is 0 Å². The highest BCUT2D eigenvalue weighted by atomic mass is 16.5. The molecule has 2 fully saturated rings. The van der Waals surface area contributed by atoms with E-state index in [1.165, 1.54) is 38.8 Å². The molecule has 8 nitrogen and oxygen atoms in total. The summed E-state index contributed by atoms with van der Waals surface area (Å²) in [7, 11) is 0. The molecule has 0 bridgehead atoms. The molecular formula is C25H40N4O4. The average molecular weight is 461 g/mol. The molecule has 2 amide bonds. The number of nitrogens with zero attached hydrogens (tertiary/aromatic N) is 2. The highest BCUT2D eigenvalue weighted by Gasteiger charge is 2.31. The van der Waals surface area contributed by atoms with Crippen molar-refractivity contribution in [3.05, 3.63) is 22.5 Å². The molecule has 3 heterocycles. The van der Waals surface area contributed by atoms with E-state index in [9.17, 15) is 14.4 Å². The van der Waals surface area contributed by atoms with Gasteiger partial charge in [-0.25, -0.2) is 4.79 Å². The summed E-state index contributed by atoms with van der Waals surface area (Å²) in [6.45, 7) is 10.7. The normalized spacial score (nSPS) is 19.7.